The van der Waals surface area contributed by atoms with Crippen molar-refractivity contribution in [3.05, 3.63) is 51.5 Å². The summed E-state index contributed by atoms with van der Waals surface area (Å²) in [6.45, 7) is 4.51. The van der Waals surface area contributed by atoms with Gasteiger partial charge >= 0.3 is 0 Å². The molecule has 1 heterocycles. The topological polar surface area (TPSA) is 68.0 Å². The van der Waals surface area contributed by atoms with E-state index in [-0.39, 0.29) is 11.9 Å². The van der Waals surface area contributed by atoms with E-state index in [2.05, 4.69) is 10.3 Å². The van der Waals surface area contributed by atoms with E-state index < -0.39 is 0 Å². The number of hydrogen-bond acceptors (Lipinski definition) is 4. The molecule has 1 unspecified atom stereocenters. The number of thiazole rings is 1. The molecule has 20 heavy (non-hydrogen) atoms. The Labute approximate surface area is 123 Å². The lowest BCUT2D eigenvalue weighted by atomic mass is 10.1. The molecule has 5 heteroatoms. The van der Waals surface area contributed by atoms with Gasteiger partial charge < -0.3 is 11.1 Å². The summed E-state index contributed by atoms with van der Waals surface area (Å²) in [5.41, 5.74) is 8.29. The van der Waals surface area contributed by atoms with Gasteiger partial charge in [0, 0.05) is 16.6 Å². The molecule has 1 aromatic carbocycles. The molecule has 1 atom stereocenters. The Morgan fingerprint density at radius 2 is 2.10 bits per heavy atom. The van der Waals surface area contributed by atoms with Crippen LogP contribution in [0.5, 0.6) is 0 Å². The highest BCUT2D eigenvalue weighted by molar-refractivity contribution is 7.09. The van der Waals surface area contributed by atoms with Crippen molar-refractivity contribution in [3.63, 3.8) is 0 Å². The zero-order valence-electron chi connectivity index (χ0n) is 11.7. The van der Waals surface area contributed by atoms with E-state index >= 15 is 0 Å². The van der Waals surface area contributed by atoms with Crippen LogP contribution in [0.2, 0.25) is 0 Å². The van der Waals surface area contributed by atoms with Crippen LogP contribution in [0.1, 0.15) is 39.6 Å². The number of nitrogens with one attached hydrogen (secondary N) is 1. The molecule has 0 saturated heterocycles. The van der Waals surface area contributed by atoms with Crippen molar-refractivity contribution in [3.8, 4) is 0 Å². The number of carbonyl (C=O) groups is 1. The Kier molecular flexibility index (Phi) is 4.87. The van der Waals surface area contributed by atoms with Crippen LogP contribution in [0.15, 0.2) is 29.6 Å². The number of amides is 1. The number of aryl methyl sites for hydroxylation is 1. The van der Waals surface area contributed by atoms with Gasteiger partial charge in [-0.2, -0.15) is 0 Å². The molecule has 0 spiro atoms. The summed E-state index contributed by atoms with van der Waals surface area (Å²) in [6, 6.07) is 7.48. The molecule has 1 aromatic heterocycles. The molecule has 0 saturated carbocycles. The van der Waals surface area contributed by atoms with Crippen molar-refractivity contribution in [1.29, 1.82) is 0 Å². The maximum absolute atomic E-state index is 12.1. The third kappa shape index (κ3) is 3.65. The fourth-order valence-electron chi connectivity index (χ4n) is 1.90. The number of nitrogens with two attached hydrogens (primary N) is 1. The number of nitrogens with zero attached hydrogens (tertiary/aromatic N) is 1. The van der Waals surface area contributed by atoms with Crippen molar-refractivity contribution in [2.75, 3.05) is 6.54 Å². The molecule has 0 bridgehead atoms. The zero-order chi connectivity index (χ0) is 14.5. The molecule has 0 aliphatic heterocycles. The predicted molar refractivity (Wildman–Crippen MR) is 81.9 cm³/mol. The van der Waals surface area contributed by atoms with Crippen molar-refractivity contribution < 1.29 is 4.79 Å². The van der Waals surface area contributed by atoms with Crippen molar-refractivity contribution in [2.24, 2.45) is 5.73 Å². The van der Waals surface area contributed by atoms with Gasteiger partial charge in [-0.15, -0.1) is 11.3 Å². The predicted octanol–water partition coefficient (Wildman–Crippen LogP) is 2.44. The number of benzene rings is 1. The minimum Gasteiger partial charge on any atom is -0.343 e. The Morgan fingerprint density at radius 1 is 1.40 bits per heavy atom. The van der Waals surface area contributed by atoms with E-state index in [9.17, 15) is 4.79 Å². The van der Waals surface area contributed by atoms with Crippen LogP contribution in [0, 0.1) is 6.92 Å². The van der Waals surface area contributed by atoms with Crippen molar-refractivity contribution >= 4 is 17.2 Å². The van der Waals surface area contributed by atoms with Gasteiger partial charge in [0.25, 0.3) is 5.91 Å². The maximum atomic E-state index is 12.1. The average Bonchev–Trinajstić information content (AvgIpc) is 2.86. The summed E-state index contributed by atoms with van der Waals surface area (Å²) < 4.78 is 0. The van der Waals surface area contributed by atoms with Crippen LogP contribution in [-0.2, 0) is 6.42 Å². The van der Waals surface area contributed by atoms with Gasteiger partial charge in [-0.05, 0) is 44.5 Å². The SMILES string of the molecule is Cc1csc(C(C)NC(=O)c2ccc(CCN)cc2)n1. The van der Waals surface area contributed by atoms with Gasteiger partial charge in [0.1, 0.15) is 5.01 Å². The lowest BCUT2D eigenvalue weighted by molar-refractivity contribution is 0.0940. The Hall–Kier alpha value is -1.72. The summed E-state index contributed by atoms with van der Waals surface area (Å²) in [5.74, 6) is -0.0790. The monoisotopic (exact) mass is 289 g/mol. The van der Waals surface area contributed by atoms with Crippen molar-refractivity contribution in [1.82, 2.24) is 10.3 Å². The molecular weight excluding hydrogens is 270 g/mol. The number of carbonyl (C=O) groups excluding carboxylic acids is 1. The van der Waals surface area contributed by atoms with Crippen LogP contribution < -0.4 is 11.1 Å². The minimum absolute atomic E-state index is 0.0788. The molecule has 0 fully saturated rings. The van der Waals surface area contributed by atoms with E-state index in [1.165, 1.54) is 0 Å². The lowest BCUT2D eigenvalue weighted by Crippen LogP contribution is -2.26. The zero-order valence-corrected chi connectivity index (χ0v) is 12.5. The van der Waals surface area contributed by atoms with Crippen LogP contribution >= 0.6 is 11.3 Å². The molecule has 4 nitrogen and oxygen atoms in total. The van der Waals surface area contributed by atoms with Gasteiger partial charge in [0.05, 0.1) is 6.04 Å². The largest absolute Gasteiger partial charge is 0.343 e. The van der Waals surface area contributed by atoms with E-state index in [4.69, 9.17) is 5.73 Å². The van der Waals surface area contributed by atoms with Crippen LogP contribution in [0.25, 0.3) is 0 Å². The third-order valence-electron chi connectivity index (χ3n) is 3.00. The molecule has 3 N–H and O–H groups in total. The summed E-state index contributed by atoms with van der Waals surface area (Å²) >= 11 is 1.56. The second-order valence-electron chi connectivity index (χ2n) is 4.76. The first-order valence-electron chi connectivity index (χ1n) is 6.62. The molecule has 2 rings (SSSR count). The van der Waals surface area contributed by atoms with Crippen LogP contribution in [0.4, 0.5) is 0 Å². The average molecular weight is 289 g/mol. The van der Waals surface area contributed by atoms with Gasteiger partial charge in [-0.1, -0.05) is 12.1 Å². The molecule has 106 valence electrons. The Bertz CT molecular complexity index is 577. The first kappa shape index (κ1) is 14.7. The van der Waals surface area contributed by atoms with Gasteiger partial charge in [-0.25, -0.2) is 4.98 Å². The first-order valence-corrected chi connectivity index (χ1v) is 7.50. The highest BCUT2D eigenvalue weighted by Gasteiger charge is 2.13. The molecule has 1 amide bonds. The van der Waals surface area contributed by atoms with E-state index in [1.54, 1.807) is 11.3 Å². The quantitative estimate of drug-likeness (QED) is 0.888. The lowest BCUT2D eigenvalue weighted by Gasteiger charge is -2.11. The van der Waals surface area contributed by atoms with E-state index in [0.717, 1.165) is 22.7 Å². The third-order valence-corrected chi connectivity index (χ3v) is 4.15. The highest BCUT2D eigenvalue weighted by Crippen LogP contribution is 2.18. The van der Waals surface area contributed by atoms with Crippen LogP contribution in [-0.4, -0.2) is 17.4 Å². The first-order chi connectivity index (χ1) is 9.60. The second kappa shape index (κ2) is 6.63. The van der Waals surface area contributed by atoms with Crippen LogP contribution in [0.3, 0.4) is 0 Å². The standard InChI is InChI=1S/C15H19N3OS/c1-10-9-20-15(17-10)11(2)18-14(19)13-5-3-12(4-6-13)7-8-16/h3-6,9,11H,7-8,16H2,1-2H3,(H,18,19). The van der Waals surface area contributed by atoms with Gasteiger partial charge in [0.15, 0.2) is 0 Å². The van der Waals surface area contributed by atoms with E-state index in [1.807, 2.05) is 43.5 Å². The molecule has 0 aliphatic rings. The summed E-state index contributed by atoms with van der Waals surface area (Å²) in [7, 11) is 0. The van der Waals surface area contributed by atoms with Gasteiger partial charge in [0.2, 0.25) is 0 Å². The van der Waals surface area contributed by atoms with Crippen molar-refractivity contribution in [2.45, 2.75) is 26.3 Å². The number of aromatic nitrogens is 1. The fraction of sp³-hybridized carbons (Fsp3) is 0.333. The summed E-state index contributed by atoms with van der Waals surface area (Å²) in [4.78, 5) is 16.5. The van der Waals surface area contributed by atoms with E-state index in [0.29, 0.717) is 12.1 Å². The normalized spacial score (nSPS) is 12.2. The van der Waals surface area contributed by atoms with Gasteiger partial charge in [-0.3, -0.25) is 4.79 Å². The highest BCUT2D eigenvalue weighted by atomic mass is 32.1. The number of rotatable bonds is 5. The Balaban J connectivity index is 2.00. The second-order valence-corrected chi connectivity index (χ2v) is 5.65. The maximum Gasteiger partial charge on any atom is 0.251 e. The molecule has 0 radical (unpaired) electrons. The minimum atomic E-state index is -0.0790. The number of hydrogen-bond donors (Lipinski definition) is 2. The smallest absolute Gasteiger partial charge is 0.251 e. The summed E-state index contributed by atoms with van der Waals surface area (Å²) in [5, 5.41) is 5.87. The molecule has 2 aromatic rings. The fourth-order valence-corrected chi connectivity index (χ4v) is 2.71. The summed E-state index contributed by atoms with van der Waals surface area (Å²) in [6.07, 6.45) is 0.830. The Morgan fingerprint density at radius 3 is 2.65 bits per heavy atom. The molecular formula is C15H19N3OS. The molecule has 0 aliphatic carbocycles.